The highest BCUT2D eigenvalue weighted by molar-refractivity contribution is 6.09. The Hall–Kier alpha value is -3.92. The number of hydrogen-bond donors (Lipinski definition) is 1. The van der Waals surface area contributed by atoms with Crippen molar-refractivity contribution in [3.63, 3.8) is 0 Å². The summed E-state index contributed by atoms with van der Waals surface area (Å²) in [6.45, 7) is -1.15. The van der Waals surface area contributed by atoms with E-state index >= 15 is 0 Å². The van der Waals surface area contributed by atoms with E-state index in [0.29, 0.717) is 34.2 Å². The molecule has 0 unspecified atom stereocenters. The molecule has 0 fully saturated rings. The van der Waals surface area contributed by atoms with Crippen molar-refractivity contribution in [1.82, 2.24) is 9.88 Å². The van der Waals surface area contributed by atoms with Crippen LogP contribution in [0, 0.1) is 0 Å². The molecule has 1 N–H and O–H groups in total. The first-order valence-electron chi connectivity index (χ1n) is 11.0. The van der Waals surface area contributed by atoms with E-state index in [0.717, 1.165) is 4.90 Å². The molecule has 4 aromatic rings. The molecule has 0 saturated carbocycles. The van der Waals surface area contributed by atoms with E-state index in [1.54, 1.807) is 54.6 Å². The molecule has 4 nitrogen and oxygen atoms in total. The van der Waals surface area contributed by atoms with Crippen molar-refractivity contribution in [1.29, 1.82) is 0 Å². The first kappa shape index (κ1) is 26.2. The summed E-state index contributed by atoms with van der Waals surface area (Å²) in [5.41, 5.74) is -1.64. The molecule has 1 heterocycles. The van der Waals surface area contributed by atoms with E-state index in [-0.39, 0.29) is 22.9 Å². The van der Waals surface area contributed by atoms with Gasteiger partial charge in [0.05, 0.1) is 34.5 Å². The minimum Gasteiger partial charge on any atom is -0.390 e. The SMILES string of the molecule is CN(Cc1cc(C(F)(F)F)cc(C(F)(F)F)c1)C(=O)c1c(CO)nc2ccccc2c1-c1ccccc1. The number of carbonyl (C=O) groups excluding carboxylic acids is 1. The molecule has 0 atom stereocenters. The zero-order chi connectivity index (χ0) is 27.0. The lowest BCUT2D eigenvalue weighted by atomic mass is 9.93. The Morgan fingerprint density at radius 2 is 1.43 bits per heavy atom. The van der Waals surface area contributed by atoms with Crippen LogP contribution in [-0.4, -0.2) is 27.9 Å². The van der Waals surface area contributed by atoms with E-state index in [1.807, 2.05) is 0 Å². The van der Waals surface area contributed by atoms with Crippen LogP contribution in [0.15, 0.2) is 72.8 Å². The van der Waals surface area contributed by atoms with Gasteiger partial charge in [-0.05, 0) is 35.4 Å². The van der Waals surface area contributed by atoms with Gasteiger partial charge >= 0.3 is 12.4 Å². The molecule has 0 aliphatic rings. The van der Waals surface area contributed by atoms with E-state index in [2.05, 4.69) is 4.98 Å². The predicted molar refractivity (Wildman–Crippen MR) is 125 cm³/mol. The molecular formula is C27H20F6N2O2. The van der Waals surface area contributed by atoms with Crippen LogP contribution in [0.3, 0.4) is 0 Å². The Bertz CT molecular complexity index is 1420. The monoisotopic (exact) mass is 518 g/mol. The van der Waals surface area contributed by atoms with Crippen LogP contribution in [0.4, 0.5) is 26.3 Å². The van der Waals surface area contributed by atoms with Gasteiger partial charge in [-0.3, -0.25) is 4.79 Å². The van der Waals surface area contributed by atoms with Crippen molar-refractivity contribution in [3.05, 3.63) is 101 Å². The summed E-state index contributed by atoms with van der Waals surface area (Å²) in [6, 6.07) is 16.9. The van der Waals surface area contributed by atoms with Crippen molar-refractivity contribution >= 4 is 16.8 Å². The van der Waals surface area contributed by atoms with E-state index in [1.165, 1.54) is 7.05 Å². The van der Waals surface area contributed by atoms with E-state index in [4.69, 9.17) is 0 Å². The van der Waals surface area contributed by atoms with Crippen molar-refractivity contribution < 1.29 is 36.2 Å². The van der Waals surface area contributed by atoms with Crippen molar-refractivity contribution in [3.8, 4) is 11.1 Å². The lowest BCUT2D eigenvalue weighted by Gasteiger charge is -2.23. The standard InChI is InChI=1S/C27H20F6N2O2/c1-35(14-16-11-18(26(28,29)30)13-19(12-16)27(31,32)33)25(37)24-22(15-36)34-21-10-6-5-9-20(21)23(24)17-7-3-2-4-8-17/h2-13,36H,14-15H2,1H3. The van der Waals surface area contributed by atoms with Crippen LogP contribution < -0.4 is 0 Å². The molecule has 1 aromatic heterocycles. The highest BCUT2D eigenvalue weighted by Crippen LogP contribution is 2.37. The molecule has 0 radical (unpaired) electrons. The Labute approximate surface area is 207 Å². The van der Waals surface area contributed by atoms with Gasteiger partial charge in [-0.2, -0.15) is 26.3 Å². The number of benzene rings is 3. The molecule has 0 aliphatic carbocycles. The minimum absolute atomic E-state index is 0.0120. The van der Waals surface area contributed by atoms with Gasteiger partial charge in [-0.25, -0.2) is 4.98 Å². The third kappa shape index (κ3) is 5.43. The minimum atomic E-state index is -5.01. The van der Waals surface area contributed by atoms with Gasteiger partial charge in [-0.15, -0.1) is 0 Å². The Balaban J connectivity index is 1.83. The average molecular weight is 518 g/mol. The van der Waals surface area contributed by atoms with Crippen molar-refractivity contribution in [2.24, 2.45) is 0 Å². The number of rotatable bonds is 5. The molecule has 0 spiro atoms. The molecule has 3 aromatic carbocycles. The molecular weight excluding hydrogens is 498 g/mol. The van der Waals surface area contributed by atoms with Crippen LogP contribution in [0.1, 0.15) is 32.7 Å². The summed E-state index contributed by atoms with van der Waals surface area (Å²) >= 11 is 0. The van der Waals surface area contributed by atoms with Crippen LogP contribution in [-0.2, 0) is 25.5 Å². The molecule has 4 rings (SSSR count). The summed E-state index contributed by atoms with van der Waals surface area (Å²) in [4.78, 5) is 19.1. The first-order valence-corrected chi connectivity index (χ1v) is 11.0. The lowest BCUT2D eigenvalue weighted by molar-refractivity contribution is -0.143. The van der Waals surface area contributed by atoms with Gasteiger partial charge < -0.3 is 10.0 Å². The van der Waals surface area contributed by atoms with Gasteiger partial charge in [0.25, 0.3) is 5.91 Å². The second kappa shape index (κ2) is 9.85. The second-order valence-corrected chi connectivity index (χ2v) is 8.43. The summed E-state index contributed by atoms with van der Waals surface area (Å²) in [5.74, 6) is -0.716. The van der Waals surface area contributed by atoms with Gasteiger partial charge in [0.1, 0.15) is 0 Å². The maximum atomic E-state index is 13.7. The predicted octanol–water partition coefficient (Wildman–Crippen LogP) is 6.70. The maximum Gasteiger partial charge on any atom is 0.416 e. The number of hydrogen-bond acceptors (Lipinski definition) is 3. The number of pyridine rings is 1. The molecule has 0 saturated heterocycles. The number of fused-ring (bicyclic) bond motifs is 1. The molecule has 0 bridgehead atoms. The maximum absolute atomic E-state index is 13.7. The molecule has 0 aliphatic heterocycles. The van der Waals surface area contributed by atoms with Crippen LogP contribution in [0.2, 0.25) is 0 Å². The van der Waals surface area contributed by atoms with Crippen molar-refractivity contribution in [2.45, 2.75) is 25.5 Å². The molecule has 10 heteroatoms. The number of para-hydroxylation sites is 1. The van der Waals surface area contributed by atoms with Gasteiger partial charge in [0.2, 0.25) is 0 Å². The summed E-state index contributed by atoms with van der Waals surface area (Å²) in [6.07, 6.45) is -10.0. The smallest absolute Gasteiger partial charge is 0.390 e. The third-order valence-electron chi connectivity index (χ3n) is 5.81. The molecule has 192 valence electrons. The highest BCUT2D eigenvalue weighted by Gasteiger charge is 2.37. The lowest BCUT2D eigenvalue weighted by Crippen LogP contribution is -2.28. The summed E-state index contributed by atoms with van der Waals surface area (Å²) in [5, 5.41) is 10.6. The fourth-order valence-corrected chi connectivity index (χ4v) is 4.16. The zero-order valence-corrected chi connectivity index (χ0v) is 19.4. The number of aliphatic hydroxyl groups is 1. The number of halogens is 6. The van der Waals surface area contributed by atoms with Crippen LogP contribution >= 0.6 is 0 Å². The zero-order valence-electron chi connectivity index (χ0n) is 19.4. The fraction of sp³-hybridized carbons (Fsp3) is 0.185. The Kier molecular flexibility index (Phi) is 6.96. The average Bonchev–Trinajstić information content (AvgIpc) is 2.86. The van der Waals surface area contributed by atoms with E-state index in [9.17, 15) is 36.2 Å². The Morgan fingerprint density at radius 3 is 2.00 bits per heavy atom. The van der Waals surface area contributed by atoms with Crippen LogP contribution in [0.5, 0.6) is 0 Å². The summed E-state index contributed by atoms with van der Waals surface area (Å²) < 4.78 is 79.8. The van der Waals surface area contributed by atoms with Gasteiger partial charge in [-0.1, -0.05) is 48.5 Å². The molecule has 1 amide bonds. The van der Waals surface area contributed by atoms with Crippen LogP contribution in [0.25, 0.3) is 22.0 Å². The quantitative estimate of drug-likeness (QED) is 0.299. The highest BCUT2D eigenvalue weighted by atomic mass is 19.4. The first-order chi connectivity index (χ1) is 17.4. The number of aromatic nitrogens is 1. The van der Waals surface area contributed by atoms with Gasteiger partial charge in [0.15, 0.2) is 0 Å². The Morgan fingerprint density at radius 1 is 0.865 bits per heavy atom. The fourth-order valence-electron chi connectivity index (χ4n) is 4.16. The number of nitrogens with zero attached hydrogens (tertiary/aromatic N) is 2. The molecule has 37 heavy (non-hydrogen) atoms. The normalized spacial score (nSPS) is 12.1. The largest absolute Gasteiger partial charge is 0.416 e. The number of amides is 1. The number of aliphatic hydroxyl groups excluding tert-OH is 1. The van der Waals surface area contributed by atoms with Crippen molar-refractivity contribution in [2.75, 3.05) is 7.05 Å². The second-order valence-electron chi connectivity index (χ2n) is 8.43. The number of carbonyl (C=O) groups is 1. The van der Waals surface area contributed by atoms with Gasteiger partial charge in [0, 0.05) is 24.5 Å². The number of alkyl halides is 6. The van der Waals surface area contributed by atoms with E-state index < -0.39 is 42.5 Å². The third-order valence-corrected chi connectivity index (χ3v) is 5.81. The topological polar surface area (TPSA) is 53.4 Å². The summed E-state index contributed by atoms with van der Waals surface area (Å²) in [7, 11) is 1.26.